The van der Waals surface area contributed by atoms with Gasteiger partial charge in [-0.1, -0.05) is 201 Å². The molecule has 0 aromatic heterocycles. The maximum absolute atomic E-state index is 6.42. The predicted octanol–water partition coefficient (Wildman–Crippen LogP) is 14.3. The molecule has 0 aliphatic rings. The summed E-state index contributed by atoms with van der Waals surface area (Å²) in [5.41, 5.74) is 19.7. The first kappa shape index (κ1) is 40.7. The van der Waals surface area contributed by atoms with Gasteiger partial charge in [0.1, 0.15) is 5.75 Å². The number of ether oxygens (including phenoxy) is 1. The molecular weight excluding hydrogens is 773 g/mol. The number of anilines is 3. The molecule has 10 aromatic rings. The van der Waals surface area contributed by atoms with Crippen LogP contribution >= 0.6 is 0 Å². The summed E-state index contributed by atoms with van der Waals surface area (Å²) in [6.45, 7) is 13.6. The molecule has 0 radical (unpaired) electrons. The van der Waals surface area contributed by atoms with Crippen molar-refractivity contribution in [3.63, 3.8) is 0 Å². The van der Waals surface area contributed by atoms with Gasteiger partial charge in [-0.05, 0) is 115 Å². The van der Waals surface area contributed by atoms with Crippen molar-refractivity contribution in [2.24, 2.45) is 0 Å². The number of rotatable bonds is 9. The van der Waals surface area contributed by atoms with E-state index >= 15 is 0 Å². The molecule has 0 saturated heterocycles. The number of aryl methyl sites for hydroxylation is 6. The van der Waals surface area contributed by atoms with E-state index in [9.17, 15) is 0 Å². The highest BCUT2D eigenvalue weighted by atomic mass is 16.5. The lowest BCUT2D eigenvalue weighted by Gasteiger charge is -2.29. The Hall–Kier alpha value is -7.36. The second kappa shape index (κ2) is 16.7. The summed E-state index contributed by atoms with van der Waals surface area (Å²) in [4.78, 5) is 2.38. The van der Waals surface area contributed by atoms with Gasteiger partial charge in [0.25, 0.3) is 0 Å². The van der Waals surface area contributed by atoms with Crippen LogP contribution in [0.15, 0.2) is 188 Å². The van der Waals surface area contributed by atoms with Gasteiger partial charge in [-0.3, -0.25) is 0 Å². The monoisotopic (exact) mass is 825 g/mol. The van der Waals surface area contributed by atoms with Gasteiger partial charge in [-0.2, -0.15) is 0 Å². The van der Waals surface area contributed by atoms with Crippen molar-refractivity contribution < 1.29 is 4.74 Å². The molecule has 0 saturated carbocycles. The number of hydrogen-bond acceptors (Lipinski definition) is 2. The molecule has 3 heteroatoms. The smallest absolute Gasteiger partial charge is 0.243 e. The van der Waals surface area contributed by atoms with Gasteiger partial charge >= 0.3 is 0 Å². The molecule has 0 atom stereocenters. The molecule has 10 rings (SSSR count). The van der Waals surface area contributed by atoms with Gasteiger partial charge in [-0.25, -0.2) is 0 Å². The molecule has 0 spiro atoms. The number of benzene rings is 10. The van der Waals surface area contributed by atoms with Crippen LogP contribution in [-0.4, -0.2) is 13.8 Å². The van der Waals surface area contributed by atoms with Gasteiger partial charge in [0, 0.05) is 28.6 Å². The van der Waals surface area contributed by atoms with Crippen molar-refractivity contribution >= 4 is 72.5 Å². The van der Waals surface area contributed by atoms with Crippen LogP contribution in [0.5, 0.6) is 5.75 Å². The zero-order chi connectivity index (χ0) is 44.1. The maximum atomic E-state index is 6.42. The fourth-order valence-corrected chi connectivity index (χ4v) is 10.7. The van der Waals surface area contributed by atoms with Crippen LogP contribution in [0.25, 0.3) is 54.6 Å². The number of nitrogens with zero attached hydrogens (tertiary/aromatic N) is 1. The molecule has 2 nitrogen and oxygen atoms in total. The second-order valence-electron chi connectivity index (χ2n) is 17.6. The highest BCUT2D eigenvalue weighted by molar-refractivity contribution is 6.98. The summed E-state index contributed by atoms with van der Waals surface area (Å²) >= 11 is 0. The van der Waals surface area contributed by atoms with Crippen LogP contribution in [0.3, 0.4) is 0 Å². The Morgan fingerprint density at radius 1 is 0.391 bits per heavy atom. The first-order valence-corrected chi connectivity index (χ1v) is 22.4. The minimum absolute atomic E-state index is 0.0580. The zero-order valence-electron chi connectivity index (χ0n) is 37.8. The van der Waals surface area contributed by atoms with Crippen molar-refractivity contribution in [2.75, 3.05) is 12.0 Å². The number of fused-ring (bicyclic) bond motifs is 4. The molecule has 0 fully saturated rings. The van der Waals surface area contributed by atoms with E-state index in [0.29, 0.717) is 0 Å². The van der Waals surface area contributed by atoms with Crippen molar-refractivity contribution in [2.45, 2.75) is 41.5 Å². The lowest BCUT2D eigenvalue weighted by molar-refractivity contribution is 0.416. The molecule has 0 unspecified atom stereocenters. The third-order valence-corrected chi connectivity index (χ3v) is 13.3. The molecular formula is C61H52BNO. The van der Waals surface area contributed by atoms with E-state index in [2.05, 4.69) is 234 Å². The van der Waals surface area contributed by atoms with Gasteiger partial charge in [-0.15, -0.1) is 0 Å². The minimum atomic E-state index is 0.0580. The zero-order valence-corrected chi connectivity index (χ0v) is 37.8. The molecule has 0 bridgehead atoms. The first-order chi connectivity index (χ1) is 31.2. The second-order valence-corrected chi connectivity index (χ2v) is 17.6. The van der Waals surface area contributed by atoms with E-state index in [0.717, 1.165) is 45.1 Å². The van der Waals surface area contributed by atoms with Crippen molar-refractivity contribution in [3.8, 4) is 28.0 Å². The molecule has 310 valence electrons. The van der Waals surface area contributed by atoms with E-state index in [1.807, 2.05) is 0 Å². The summed E-state index contributed by atoms with van der Waals surface area (Å²) in [6, 6.07) is 69.1. The largest absolute Gasteiger partial charge is 0.496 e. The predicted molar refractivity (Wildman–Crippen MR) is 277 cm³/mol. The Balaban J connectivity index is 1.16. The van der Waals surface area contributed by atoms with Crippen molar-refractivity contribution in [3.05, 3.63) is 221 Å². The van der Waals surface area contributed by atoms with Crippen LogP contribution in [0.2, 0.25) is 0 Å². The minimum Gasteiger partial charge on any atom is -0.496 e. The Bertz CT molecular complexity index is 3300. The third-order valence-electron chi connectivity index (χ3n) is 13.3. The molecule has 0 amide bonds. The van der Waals surface area contributed by atoms with Crippen LogP contribution in [0.4, 0.5) is 17.1 Å². The Morgan fingerprint density at radius 3 is 1.61 bits per heavy atom. The molecule has 0 aliphatic heterocycles. The average Bonchev–Trinajstić information content (AvgIpc) is 3.30. The van der Waals surface area contributed by atoms with Crippen LogP contribution < -0.4 is 26.0 Å². The quantitative estimate of drug-likeness (QED) is 0.106. The summed E-state index contributed by atoms with van der Waals surface area (Å²) in [5, 5.41) is 7.38. The maximum Gasteiger partial charge on any atom is 0.243 e. The normalized spacial score (nSPS) is 11.4. The summed E-state index contributed by atoms with van der Waals surface area (Å²) in [6.07, 6.45) is 0. The highest BCUT2D eigenvalue weighted by Crippen LogP contribution is 2.45. The van der Waals surface area contributed by atoms with Crippen LogP contribution in [-0.2, 0) is 0 Å². The lowest BCUT2D eigenvalue weighted by Crippen LogP contribution is -2.56. The Kier molecular flexibility index (Phi) is 10.6. The SMILES string of the molecule is COc1cc(N(c2ccc3c(ccc4ccccc43)c2)c2ccccc2-c2ccccc2)ccc1-c1ccc(B(c2c(C)cc(C)cc2C)c2c(C)cc(C)cc2C)c2ccccc12. The fraction of sp³-hybridized carbons (Fsp3) is 0.115. The number of para-hydroxylation sites is 1. The Morgan fingerprint density at radius 2 is 0.922 bits per heavy atom. The van der Waals surface area contributed by atoms with Crippen molar-refractivity contribution in [1.82, 2.24) is 0 Å². The first-order valence-electron chi connectivity index (χ1n) is 22.4. The molecule has 0 N–H and O–H groups in total. The third kappa shape index (κ3) is 7.21. The summed E-state index contributed by atoms with van der Waals surface area (Å²) < 4.78 is 6.42. The fourth-order valence-electron chi connectivity index (χ4n) is 10.7. The topological polar surface area (TPSA) is 12.5 Å². The van der Waals surface area contributed by atoms with Crippen molar-refractivity contribution in [1.29, 1.82) is 0 Å². The highest BCUT2D eigenvalue weighted by Gasteiger charge is 2.31. The Labute approximate surface area is 378 Å². The molecule has 0 heterocycles. The number of hydrogen-bond donors (Lipinski definition) is 0. The summed E-state index contributed by atoms with van der Waals surface area (Å²) in [7, 11) is 1.80. The lowest BCUT2D eigenvalue weighted by atomic mass is 9.33. The summed E-state index contributed by atoms with van der Waals surface area (Å²) in [5.74, 6) is 0.816. The molecule has 10 aromatic carbocycles. The van der Waals surface area contributed by atoms with Gasteiger partial charge < -0.3 is 9.64 Å². The standard InChI is InChI=1S/C61H52BNO/c1-39-33-41(3)60(42(4)34-39)62(61-43(5)35-40(2)36-44(61)6)57-32-31-54(53-22-13-14-23-55(53)57)56-30-28-49(38-59(56)64-7)63(58-24-16-15-21-52(58)45-17-9-8-10-18-45)48-27-29-51-47(37-48)26-25-46-19-11-12-20-50(46)51/h8-38H,1-7H3. The molecule has 0 aliphatic carbocycles. The van der Waals surface area contributed by atoms with Gasteiger partial charge in [0.2, 0.25) is 6.71 Å². The van der Waals surface area contributed by atoms with E-state index in [4.69, 9.17) is 4.74 Å². The van der Waals surface area contributed by atoms with E-state index in [-0.39, 0.29) is 6.71 Å². The van der Waals surface area contributed by atoms with Crippen LogP contribution in [0, 0.1) is 41.5 Å². The van der Waals surface area contributed by atoms with E-state index in [1.165, 1.54) is 82.1 Å². The number of methoxy groups -OCH3 is 1. The van der Waals surface area contributed by atoms with Gasteiger partial charge in [0.05, 0.1) is 12.8 Å². The van der Waals surface area contributed by atoms with Gasteiger partial charge in [0.15, 0.2) is 0 Å². The molecule has 64 heavy (non-hydrogen) atoms. The average molecular weight is 826 g/mol. The van der Waals surface area contributed by atoms with Crippen LogP contribution in [0.1, 0.15) is 33.4 Å². The van der Waals surface area contributed by atoms with E-state index < -0.39 is 0 Å². The van der Waals surface area contributed by atoms with E-state index in [1.54, 1.807) is 7.11 Å².